The van der Waals surface area contributed by atoms with Crippen molar-refractivity contribution in [2.45, 2.75) is 4.90 Å². The zero-order valence-electron chi connectivity index (χ0n) is 19.1. The maximum absolute atomic E-state index is 13.3. The van der Waals surface area contributed by atoms with Crippen molar-refractivity contribution in [3.63, 3.8) is 0 Å². The number of piperazine rings is 1. The van der Waals surface area contributed by atoms with Crippen LogP contribution in [0, 0.1) is 6.57 Å². The Balaban J connectivity index is 1.26. The third kappa shape index (κ3) is 4.75. The molecule has 0 atom stereocenters. The van der Waals surface area contributed by atoms with Gasteiger partial charge in [0.15, 0.2) is 0 Å². The molecule has 1 fully saturated rings. The molecule has 1 amide bonds. The van der Waals surface area contributed by atoms with Gasteiger partial charge in [-0.2, -0.15) is 4.31 Å². The van der Waals surface area contributed by atoms with E-state index in [1.807, 2.05) is 42.5 Å². The van der Waals surface area contributed by atoms with Gasteiger partial charge in [0, 0.05) is 36.2 Å². The highest BCUT2D eigenvalue weighted by Gasteiger charge is 2.30. The second kappa shape index (κ2) is 9.82. The first-order valence-electron chi connectivity index (χ1n) is 11.3. The van der Waals surface area contributed by atoms with E-state index in [4.69, 9.17) is 6.57 Å². The van der Waals surface area contributed by atoms with Gasteiger partial charge in [0.05, 0.1) is 4.90 Å². The zero-order valence-corrected chi connectivity index (χ0v) is 21.5. The highest BCUT2D eigenvalue weighted by molar-refractivity contribution is 9.10. The van der Waals surface area contributed by atoms with Gasteiger partial charge in [-0.1, -0.05) is 46.8 Å². The summed E-state index contributed by atoms with van der Waals surface area (Å²) >= 11 is 3.44. The lowest BCUT2D eigenvalue weighted by atomic mass is 10.0. The van der Waals surface area contributed by atoms with Crippen LogP contribution >= 0.6 is 15.9 Å². The van der Waals surface area contributed by atoms with Crippen molar-refractivity contribution >= 4 is 48.5 Å². The Kier molecular flexibility index (Phi) is 6.58. The van der Waals surface area contributed by atoms with Crippen molar-refractivity contribution < 1.29 is 13.2 Å². The molecule has 0 radical (unpaired) electrons. The third-order valence-corrected chi connectivity index (χ3v) is 8.65. The molecule has 5 rings (SSSR count). The van der Waals surface area contributed by atoms with Gasteiger partial charge in [-0.15, -0.1) is 4.98 Å². The molecule has 0 N–H and O–H groups in total. The number of hydrogen-bond acceptors (Lipinski definition) is 4. The quantitative estimate of drug-likeness (QED) is 0.315. The fraction of sp³-hybridized carbons (Fsp3) is 0.148. The van der Waals surface area contributed by atoms with Crippen molar-refractivity contribution in [1.29, 1.82) is 0 Å². The average Bonchev–Trinajstić information content (AvgIpc) is 2.92. The van der Waals surface area contributed by atoms with Crippen molar-refractivity contribution in [2.24, 2.45) is 0 Å². The summed E-state index contributed by atoms with van der Waals surface area (Å²) in [5.41, 5.74) is 2.28. The Morgan fingerprint density at radius 2 is 1.56 bits per heavy atom. The monoisotopic (exact) mass is 560 g/mol. The lowest BCUT2D eigenvalue weighted by molar-refractivity contribution is 0.0698. The third-order valence-electron chi connectivity index (χ3n) is 6.26. The van der Waals surface area contributed by atoms with Crippen LogP contribution in [0.4, 0.5) is 5.82 Å². The van der Waals surface area contributed by atoms with Crippen molar-refractivity contribution in [3.05, 3.63) is 100 Å². The molecule has 3 aromatic carbocycles. The Morgan fingerprint density at radius 3 is 2.28 bits per heavy atom. The zero-order chi connectivity index (χ0) is 25.3. The normalized spacial score (nSPS) is 14.5. The van der Waals surface area contributed by atoms with Gasteiger partial charge in [-0.05, 0) is 70.4 Å². The summed E-state index contributed by atoms with van der Waals surface area (Å²) in [6.45, 7) is 8.23. The second-order valence-corrected chi connectivity index (χ2v) is 11.3. The number of carbonyl (C=O) groups is 1. The van der Waals surface area contributed by atoms with E-state index in [1.165, 1.54) is 4.31 Å². The van der Waals surface area contributed by atoms with E-state index in [0.29, 0.717) is 24.5 Å². The molecule has 36 heavy (non-hydrogen) atoms. The van der Waals surface area contributed by atoms with E-state index in [-0.39, 0.29) is 23.9 Å². The number of aromatic nitrogens is 1. The molecular weight excluding hydrogens is 540 g/mol. The van der Waals surface area contributed by atoms with E-state index < -0.39 is 10.0 Å². The van der Waals surface area contributed by atoms with Crippen molar-refractivity contribution in [2.75, 3.05) is 26.2 Å². The molecule has 0 saturated carbocycles. The van der Waals surface area contributed by atoms with Gasteiger partial charge in [-0.25, -0.2) is 8.42 Å². The SMILES string of the molecule is [C-]#[N+]c1cc(-c2ccc(C(=O)N3CCN(S(=O)(=O)c4ccc5cc(Br)ccc5c4)CC3)cc2)ccn1. The number of fused-ring (bicyclic) bond motifs is 1. The number of hydrogen-bond donors (Lipinski definition) is 0. The van der Waals surface area contributed by atoms with Crippen LogP contribution in [0.1, 0.15) is 10.4 Å². The highest BCUT2D eigenvalue weighted by Crippen LogP contribution is 2.26. The molecular formula is C27H21BrN4O3S. The predicted octanol–water partition coefficient (Wildman–Crippen LogP) is 5.36. The molecule has 7 nitrogen and oxygen atoms in total. The minimum Gasteiger partial charge on any atom is -0.361 e. The first-order valence-corrected chi connectivity index (χ1v) is 13.5. The Labute approximate surface area is 218 Å². The molecule has 2 heterocycles. The minimum atomic E-state index is -3.66. The lowest BCUT2D eigenvalue weighted by Gasteiger charge is -2.34. The summed E-state index contributed by atoms with van der Waals surface area (Å²) in [6.07, 6.45) is 1.59. The summed E-state index contributed by atoms with van der Waals surface area (Å²) < 4.78 is 28.9. The summed E-state index contributed by atoms with van der Waals surface area (Å²) in [5, 5.41) is 1.81. The largest absolute Gasteiger partial charge is 0.361 e. The van der Waals surface area contributed by atoms with Gasteiger partial charge in [-0.3, -0.25) is 4.79 Å². The van der Waals surface area contributed by atoms with E-state index >= 15 is 0 Å². The second-order valence-electron chi connectivity index (χ2n) is 8.44. The van der Waals surface area contributed by atoms with E-state index in [9.17, 15) is 13.2 Å². The van der Waals surface area contributed by atoms with Crippen LogP contribution in [0.25, 0.3) is 26.7 Å². The van der Waals surface area contributed by atoms with Gasteiger partial charge >= 0.3 is 0 Å². The van der Waals surface area contributed by atoms with Crippen LogP contribution in [-0.2, 0) is 10.0 Å². The van der Waals surface area contributed by atoms with E-state index in [2.05, 4.69) is 25.8 Å². The fourth-order valence-electron chi connectivity index (χ4n) is 4.28. The molecule has 4 aromatic rings. The maximum Gasteiger partial charge on any atom is 0.270 e. The lowest BCUT2D eigenvalue weighted by Crippen LogP contribution is -2.50. The number of carbonyl (C=O) groups excluding carboxylic acids is 1. The van der Waals surface area contributed by atoms with Crippen LogP contribution in [0.15, 0.2) is 88.4 Å². The minimum absolute atomic E-state index is 0.133. The van der Waals surface area contributed by atoms with Crippen molar-refractivity contribution in [1.82, 2.24) is 14.2 Å². The van der Waals surface area contributed by atoms with Crippen molar-refractivity contribution in [3.8, 4) is 11.1 Å². The summed E-state index contributed by atoms with van der Waals surface area (Å²) in [7, 11) is -3.66. The Morgan fingerprint density at radius 1 is 0.861 bits per heavy atom. The molecule has 1 aliphatic heterocycles. The summed E-state index contributed by atoms with van der Waals surface area (Å²) in [6, 6.07) is 21.6. The molecule has 180 valence electrons. The smallest absolute Gasteiger partial charge is 0.270 e. The van der Waals surface area contributed by atoms with Crippen LogP contribution < -0.4 is 0 Å². The first kappa shape index (κ1) is 24.1. The highest BCUT2D eigenvalue weighted by atomic mass is 79.9. The Hall–Kier alpha value is -3.58. The molecule has 1 aliphatic rings. The molecule has 0 aliphatic carbocycles. The first-order chi connectivity index (χ1) is 17.3. The topological polar surface area (TPSA) is 74.9 Å². The van der Waals surface area contributed by atoms with E-state index in [0.717, 1.165) is 26.4 Å². The summed E-state index contributed by atoms with van der Waals surface area (Å²) in [5.74, 6) is 0.184. The van der Waals surface area contributed by atoms with Gasteiger partial charge in [0.25, 0.3) is 11.7 Å². The van der Waals surface area contributed by atoms with Crippen LogP contribution in [0.3, 0.4) is 0 Å². The molecule has 0 spiro atoms. The number of halogens is 1. The van der Waals surface area contributed by atoms with Crippen LogP contribution in [-0.4, -0.2) is 54.7 Å². The molecule has 0 bridgehead atoms. The number of nitrogens with zero attached hydrogens (tertiary/aromatic N) is 4. The number of pyridine rings is 1. The molecule has 0 unspecified atom stereocenters. The van der Waals surface area contributed by atoms with Gasteiger partial charge in [0.2, 0.25) is 10.0 Å². The maximum atomic E-state index is 13.3. The number of sulfonamides is 1. The predicted molar refractivity (Wildman–Crippen MR) is 142 cm³/mol. The van der Waals surface area contributed by atoms with Crippen LogP contribution in [0.2, 0.25) is 0 Å². The standard InChI is InChI=1S/C27H21BrN4O3S/c1-29-26-18-23(10-11-30-26)19-2-4-20(5-3-19)27(33)31-12-14-32(15-13-31)36(34,35)25-9-7-21-16-24(28)8-6-22(21)17-25/h2-11,16-18H,12-15H2. The average molecular weight is 561 g/mol. The molecule has 9 heteroatoms. The van der Waals surface area contributed by atoms with Gasteiger partial charge in [0.1, 0.15) is 6.20 Å². The molecule has 1 aromatic heterocycles. The van der Waals surface area contributed by atoms with Gasteiger partial charge < -0.3 is 9.74 Å². The number of rotatable bonds is 4. The van der Waals surface area contributed by atoms with E-state index in [1.54, 1.807) is 41.4 Å². The molecule has 1 saturated heterocycles. The van der Waals surface area contributed by atoms with Crippen LogP contribution in [0.5, 0.6) is 0 Å². The number of benzene rings is 3. The summed E-state index contributed by atoms with van der Waals surface area (Å²) in [4.78, 5) is 22.3. The Bertz CT molecular complexity index is 1610. The fourth-order valence-corrected chi connectivity index (χ4v) is 6.12. The number of amides is 1.